The Morgan fingerprint density at radius 2 is 1.26 bits per heavy atom. The zero-order valence-corrected chi connectivity index (χ0v) is 23.1. The highest BCUT2D eigenvalue weighted by molar-refractivity contribution is 7.90. The van der Waals surface area contributed by atoms with Gasteiger partial charge in [0.15, 0.2) is 5.25 Å². The maximum atomic E-state index is 13.6. The molecule has 0 aromatic heterocycles. The van der Waals surface area contributed by atoms with Crippen molar-refractivity contribution in [2.45, 2.75) is 69.6 Å². The smallest absolute Gasteiger partial charge is 0.239 e. The van der Waals surface area contributed by atoms with Crippen LogP contribution in [-0.2, 0) is 34.2 Å². The van der Waals surface area contributed by atoms with E-state index in [1.54, 1.807) is 13.8 Å². The lowest BCUT2D eigenvalue weighted by atomic mass is 9.93. The summed E-state index contributed by atoms with van der Waals surface area (Å²) in [5.41, 5.74) is 9.08. The fourth-order valence-electron chi connectivity index (χ4n) is 4.40. The highest BCUT2D eigenvalue weighted by atomic mass is 32.2. The fourth-order valence-corrected chi connectivity index (χ4v) is 6.06. The molecule has 204 valence electrons. The highest BCUT2D eigenvalue weighted by Crippen LogP contribution is 2.19. The van der Waals surface area contributed by atoms with E-state index in [9.17, 15) is 18.3 Å². The lowest BCUT2D eigenvalue weighted by Crippen LogP contribution is -2.56. The van der Waals surface area contributed by atoms with Crippen LogP contribution in [0.5, 0.6) is 0 Å². The number of hydrogen-bond donors (Lipinski definition) is 3. The van der Waals surface area contributed by atoms with Crippen LogP contribution in [0.3, 0.4) is 0 Å². The molecular weight excluding hydrogens is 498 g/mol. The molecule has 0 radical (unpaired) electrons. The SMILES string of the molecule is CC(C)N(Cc1ccccc1)S(=O)(=O)C(C)C(=O)NC(Cc1ccccc1)C(O)C(N)Cc1ccccc1. The number of aliphatic hydroxyl groups is 1. The van der Waals surface area contributed by atoms with Gasteiger partial charge in [-0.15, -0.1) is 0 Å². The number of nitrogens with two attached hydrogens (primary N) is 1. The molecule has 8 heteroatoms. The Kier molecular flexibility index (Phi) is 10.6. The molecule has 0 saturated carbocycles. The number of nitrogens with one attached hydrogen (secondary N) is 1. The molecule has 0 aliphatic carbocycles. The van der Waals surface area contributed by atoms with Gasteiger partial charge in [0, 0.05) is 18.6 Å². The van der Waals surface area contributed by atoms with Crippen molar-refractivity contribution >= 4 is 15.9 Å². The van der Waals surface area contributed by atoms with Crippen molar-refractivity contribution < 1.29 is 18.3 Å². The number of carbonyl (C=O) groups is 1. The molecule has 3 rings (SSSR count). The van der Waals surface area contributed by atoms with E-state index in [-0.39, 0.29) is 12.6 Å². The first-order chi connectivity index (χ1) is 18.1. The first kappa shape index (κ1) is 29.5. The van der Waals surface area contributed by atoms with E-state index in [4.69, 9.17) is 5.73 Å². The maximum absolute atomic E-state index is 13.6. The minimum absolute atomic E-state index is 0.163. The summed E-state index contributed by atoms with van der Waals surface area (Å²) in [4.78, 5) is 13.4. The Morgan fingerprint density at radius 1 is 0.816 bits per heavy atom. The van der Waals surface area contributed by atoms with Crippen LogP contribution in [0.1, 0.15) is 37.5 Å². The summed E-state index contributed by atoms with van der Waals surface area (Å²) in [5.74, 6) is -0.671. The van der Waals surface area contributed by atoms with E-state index in [1.165, 1.54) is 11.2 Å². The molecule has 38 heavy (non-hydrogen) atoms. The van der Waals surface area contributed by atoms with Crippen molar-refractivity contribution in [1.29, 1.82) is 0 Å². The number of hydrogen-bond acceptors (Lipinski definition) is 5. The van der Waals surface area contributed by atoms with Crippen LogP contribution >= 0.6 is 0 Å². The number of nitrogens with zero attached hydrogens (tertiary/aromatic N) is 1. The van der Waals surface area contributed by atoms with Crippen LogP contribution in [0.25, 0.3) is 0 Å². The number of benzene rings is 3. The van der Waals surface area contributed by atoms with Crippen molar-refractivity contribution in [3.8, 4) is 0 Å². The third kappa shape index (κ3) is 7.98. The van der Waals surface area contributed by atoms with E-state index in [0.717, 1.165) is 16.7 Å². The number of sulfonamides is 1. The van der Waals surface area contributed by atoms with Crippen LogP contribution in [0.15, 0.2) is 91.0 Å². The van der Waals surface area contributed by atoms with Gasteiger partial charge in [-0.2, -0.15) is 4.31 Å². The Balaban J connectivity index is 1.80. The summed E-state index contributed by atoms with van der Waals surface area (Å²) < 4.78 is 28.5. The topological polar surface area (TPSA) is 113 Å². The van der Waals surface area contributed by atoms with E-state index in [1.807, 2.05) is 91.0 Å². The Hall–Kier alpha value is -3.04. The monoisotopic (exact) mass is 537 g/mol. The molecule has 0 fully saturated rings. The molecule has 0 heterocycles. The molecule has 3 aromatic carbocycles. The molecular formula is C30H39N3O4S. The van der Waals surface area contributed by atoms with Crippen molar-refractivity contribution in [2.24, 2.45) is 5.73 Å². The quantitative estimate of drug-likeness (QED) is 0.310. The molecule has 0 bridgehead atoms. The molecule has 4 unspecified atom stereocenters. The number of rotatable bonds is 13. The van der Waals surface area contributed by atoms with Gasteiger partial charge in [-0.25, -0.2) is 8.42 Å². The number of aliphatic hydroxyl groups excluding tert-OH is 1. The second kappa shape index (κ2) is 13.7. The normalized spacial score (nSPS) is 15.1. The maximum Gasteiger partial charge on any atom is 0.239 e. The number of amides is 1. The van der Waals surface area contributed by atoms with Gasteiger partial charge in [-0.05, 0) is 50.3 Å². The standard InChI is InChI=1S/C30H39N3O4S/c1-22(2)33(21-26-17-11-6-12-18-26)38(36,37)23(3)30(35)32-28(20-25-15-9-5-10-16-25)29(34)27(31)19-24-13-7-4-8-14-24/h4-18,22-23,27-29,34H,19-21,31H2,1-3H3,(H,32,35). The molecule has 0 aliphatic heterocycles. The average Bonchev–Trinajstić information content (AvgIpc) is 2.91. The van der Waals surface area contributed by atoms with Crippen LogP contribution in [0, 0.1) is 0 Å². The summed E-state index contributed by atoms with van der Waals surface area (Å²) >= 11 is 0. The van der Waals surface area contributed by atoms with Gasteiger partial charge in [0.05, 0.1) is 12.1 Å². The van der Waals surface area contributed by atoms with Gasteiger partial charge < -0.3 is 16.2 Å². The minimum atomic E-state index is -4.00. The molecule has 0 saturated heterocycles. The van der Waals surface area contributed by atoms with Crippen LogP contribution in [-0.4, -0.2) is 53.2 Å². The molecule has 4 N–H and O–H groups in total. The van der Waals surface area contributed by atoms with Gasteiger partial charge in [0.1, 0.15) is 0 Å². The van der Waals surface area contributed by atoms with Crippen molar-refractivity contribution in [3.63, 3.8) is 0 Å². The van der Waals surface area contributed by atoms with E-state index in [0.29, 0.717) is 12.8 Å². The summed E-state index contributed by atoms with van der Waals surface area (Å²) in [6, 6.07) is 26.5. The molecule has 7 nitrogen and oxygen atoms in total. The second-order valence-corrected chi connectivity index (χ2v) is 12.2. The summed E-state index contributed by atoms with van der Waals surface area (Å²) in [5, 5.41) is 12.7. The van der Waals surface area contributed by atoms with Crippen molar-refractivity contribution in [3.05, 3.63) is 108 Å². The predicted octanol–water partition coefficient (Wildman–Crippen LogP) is 3.27. The molecule has 4 atom stereocenters. The second-order valence-electron chi connectivity index (χ2n) is 9.96. The zero-order valence-electron chi connectivity index (χ0n) is 22.3. The van der Waals surface area contributed by atoms with E-state index < -0.39 is 39.4 Å². The minimum Gasteiger partial charge on any atom is -0.389 e. The van der Waals surface area contributed by atoms with Gasteiger partial charge in [0.2, 0.25) is 15.9 Å². The molecule has 0 spiro atoms. The van der Waals surface area contributed by atoms with E-state index >= 15 is 0 Å². The van der Waals surface area contributed by atoms with Crippen molar-refractivity contribution in [1.82, 2.24) is 9.62 Å². The Morgan fingerprint density at radius 3 is 1.74 bits per heavy atom. The summed E-state index contributed by atoms with van der Waals surface area (Å²) in [6.07, 6.45) is -0.379. The predicted molar refractivity (Wildman–Crippen MR) is 152 cm³/mol. The first-order valence-corrected chi connectivity index (χ1v) is 14.5. The van der Waals surface area contributed by atoms with Crippen molar-refractivity contribution in [2.75, 3.05) is 0 Å². The molecule has 1 amide bonds. The Bertz CT molecular complexity index is 1240. The van der Waals surface area contributed by atoms with Crippen LogP contribution in [0.4, 0.5) is 0 Å². The Labute approximate surface area is 226 Å². The average molecular weight is 538 g/mol. The number of carbonyl (C=O) groups excluding carboxylic acids is 1. The third-order valence-electron chi connectivity index (χ3n) is 6.69. The summed E-state index contributed by atoms with van der Waals surface area (Å²) in [6.45, 7) is 5.13. The highest BCUT2D eigenvalue weighted by Gasteiger charge is 2.37. The van der Waals surface area contributed by atoms with Gasteiger partial charge >= 0.3 is 0 Å². The van der Waals surface area contributed by atoms with Gasteiger partial charge in [-0.1, -0.05) is 91.0 Å². The van der Waals surface area contributed by atoms with Gasteiger partial charge in [0.25, 0.3) is 0 Å². The molecule has 0 aliphatic rings. The lowest BCUT2D eigenvalue weighted by Gasteiger charge is -2.32. The molecule has 3 aromatic rings. The van der Waals surface area contributed by atoms with Crippen LogP contribution < -0.4 is 11.1 Å². The summed E-state index contributed by atoms with van der Waals surface area (Å²) in [7, 11) is -4.00. The first-order valence-electron chi connectivity index (χ1n) is 13.0. The third-order valence-corrected chi connectivity index (χ3v) is 9.00. The lowest BCUT2D eigenvalue weighted by molar-refractivity contribution is -0.122. The van der Waals surface area contributed by atoms with Gasteiger partial charge in [-0.3, -0.25) is 4.79 Å². The fraction of sp³-hybridized carbons (Fsp3) is 0.367. The van der Waals surface area contributed by atoms with E-state index in [2.05, 4.69) is 5.32 Å². The largest absolute Gasteiger partial charge is 0.389 e. The zero-order chi connectivity index (χ0) is 27.7. The van der Waals surface area contributed by atoms with Crippen LogP contribution in [0.2, 0.25) is 0 Å².